The van der Waals surface area contributed by atoms with Crippen molar-refractivity contribution in [2.75, 3.05) is 18.8 Å². The average molecular weight is 415 g/mol. The predicted octanol–water partition coefficient (Wildman–Crippen LogP) is 2.43. The first-order chi connectivity index (χ1) is 11.5. The van der Waals surface area contributed by atoms with Crippen molar-refractivity contribution in [3.63, 3.8) is 0 Å². The Morgan fingerprint density at radius 1 is 1.20 bits per heavy atom. The van der Waals surface area contributed by atoms with Crippen LogP contribution in [0.25, 0.3) is 0 Å². The molecule has 0 radical (unpaired) electrons. The van der Waals surface area contributed by atoms with Gasteiger partial charge in [-0.2, -0.15) is 17.5 Å². The standard InChI is InChI=1S/C13H10ClF3N2O4S2/c14-10-2-1-8(3-9(10)13(15,16)17)25(22,23)18-4-7(5-18)19-11(20)6-24-12(19)21/h1-3,7H,4-6H2. The highest BCUT2D eigenvalue weighted by atomic mass is 35.5. The van der Waals surface area contributed by atoms with Gasteiger partial charge in [0.1, 0.15) is 0 Å². The molecule has 2 amide bonds. The second-order valence-electron chi connectivity index (χ2n) is 5.43. The SMILES string of the molecule is O=C1CSC(=O)N1C1CN(S(=O)(=O)c2ccc(Cl)c(C(F)(F)F)c2)C1. The van der Waals surface area contributed by atoms with E-state index in [1.54, 1.807) is 0 Å². The molecule has 0 N–H and O–H groups in total. The smallest absolute Gasteiger partial charge is 0.273 e. The van der Waals surface area contributed by atoms with Gasteiger partial charge in [0.25, 0.3) is 5.24 Å². The zero-order valence-electron chi connectivity index (χ0n) is 12.3. The Labute approximate surface area is 150 Å². The van der Waals surface area contributed by atoms with E-state index in [4.69, 9.17) is 11.6 Å². The monoisotopic (exact) mass is 414 g/mol. The Morgan fingerprint density at radius 2 is 1.84 bits per heavy atom. The summed E-state index contributed by atoms with van der Waals surface area (Å²) in [7, 11) is -4.18. The van der Waals surface area contributed by atoms with Crippen molar-refractivity contribution < 1.29 is 31.2 Å². The summed E-state index contributed by atoms with van der Waals surface area (Å²) in [5.41, 5.74) is -1.24. The van der Waals surface area contributed by atoms with Gasteiger partial charge in [-0.05, 0) is 18.2 Å². The minimum absolute atomic E-state index is 0.00815. The molecule has 2 aliphatic rings. The van der Waals surface area contributed by atoms with E-state index in [0.717, 1.165) is 33.1 Å². The number of carbonyl (C=O) groups excluding carboxylic acids is 2. The number of benzene rings is 1. The number of hydrogen-bond donors (Lipinski definition) is 0. The van der Waals surface area contributed by atoms with Crippen molar-refractivity contribution in [1.29, 1.82) is 0 Å². The molecule has 0 bridgehead atoms. The lowest BCUT2D eigenvalue weighted by Gasteiger charge is -2.41. The summed E-state index contributed by atoms with van der Waals surface area (Å²) in [6.45, 7) is -0.297. The van der Waals surface area contributed by atoms with Gasteiger partial charge >= 0.3 is 6.18 Å². The van der Waals surface area contributed by atoms with Gasteiger partial charge < -0.3 is 0 Å². The predicted molar refractivity (Wildman–Crippen MR) is 83.7 cm³/mol. The van der Waals surface area contributed by atoms with Crippen molar-refractivity contribution in [3.05, 3.63) is 28.8 Å². The summed E-state index contributed by atoms with van der Waals surface area (Å²) < 4.78 is 64.5. The molecular weight excluding hydrogens is 405 g/mol. The maximum Gasteiger partial charge on any atom is 0.417 e. The van der Waals surface area contributed by atoms with E-state index in [1.165, 1.54) is 0 Å². The first-order valence-corrected chi connectivity index (χ1v) is 9.68. The first kappa shape index (κ1) is 18.5. The molecular formula is C13H10ClF3N2O4S2. The fraction of sp³-hybridized carbons (Fsp3) is 0.385. The molecule has 25 heavy (non-hydrogen) atoms. The van der Waals surface area contributed by atoms with Crippen LogP contribution in [0.2, 0.25) is 5.02 Å². The molecule has 0 saturated carbocycles. The Morgan fingerprint density at radius 3 is 2.36 bits per heavy atom. The van der Waals surface area contributed by atoms with E-state index in [0.29, 0.717) is 6.07 Å². The average Bonchev–Trinajstić information content (AvgIpc) is 2.76. The molecule has 136 valence electrons. The molecule has 12 heteroatoms. The molecule has 0 spiro atoms. The molecule has 0 atom stereocenters. The highest BCUT2D eigenvalue weighted by Crippen LogP contribution is 2.37. The van der Waals surface area contributed by atoms with Crippen LogP contribution in [0, 0.1) is 0 Å². The minimum atomic E-state index is -4.79. The molecule has 0 aliphatic carbocycles. The lowest BCUT2D eigenvalue weighted by atomic mass is 10.1. The van der Waals surface area contributed by atoms with Gasteiger partial charge in [0.15, 0.2) is 0 Å². The fourth-order valence-corrected chi connectivity index (χ4v) is 5.07. The second-order valence-corrected chi connectivity index (χ2v) is 8.71. The summed E-state index contributed by atoms with van der Waals surface area (Å²) in [5, 5.41) is -1.05. The van der Waals surface area contributed by atoms with E-state index < -0.39 is 48.9 Å². The minimum Gasteiger partial charge on any atom is -0.273 e. The lowest BCUT2D eigenvalue weighted by molar-refractivity contribution is -0.137. The van der Waals surface area contributed by atoms with Crippen molar-refractivity contribution in [2.24, 2.45) is 0 Å². The first-order valence-electron chi connectivity index (χ1n) is 6.87. The van der Waals surface area contributed by atoms with E-state index in [2.05, 4.69) is 0 Å². The number of rotatable bonds is 3. The van der Waals surface area contributed by atoms with Gasteiger partial charge in [-0.15, -0.1) is 0 Å². The van der Waals surface area contributed by atoms with Crippen molar-refractivity contribution >= 4 is 44.5 Å². The fourth-order valence-electron chi connectivity index (χ4n) is 2.52. The van der Waals surface area contributed by atoms with Crippen LogP contribution in [0.5, 0.6) is 0 Å². The molecule has 2 saturated heterocycles. The number of halogens is 4. The molecule has 3 rings (SSSR count). The number of thioether (sulfide) groups is 1. The highest BCUT2D eigenvalue weighted by molar-refractivity contribution is 8.14. The van der Waals surface area contributed by atoms with Gasteiger partial charge in [0.05, 0.1) is 27.3 Å². The second kappa shape index (κ2) is 6.15. The van der Waals surface area contributed by atoms with E-state index in [1.807, 2.05) is 0 Å². The maximum atomic E-state index is 12.9. The molecule has 2 heterocycles. The Balaban J connectivity index is 1.80. The van der Waals surface area contributed by atoms with Crippen LogP contribution in [-0.4, -0.2) is 53.7 Å². The van der Waals surface area contributed by atoms with Crippen LogP contribution in [-0.2, 0) is 21.0 Å². The van der Waals surface area contributed by atoms with Gasteiger partial charge in [-0.3, -0.25) is 14.5 Å². The number of hydrogen-bond acceptors (Lipinski definition) is 5. The quantitative estimate of drug-likeness (QED) is 0.759. The third-order valence-corrected chi connectivity index (χ3v) is 6.85. The largest absolute Gasteiger partial charge is 0.417 e. The molecule has 1 aromatic carbocycles. The Hall–Kier alpha value is -1.30. The summed E-state index contributed by atoms with van der Waals surface area (Å²) in [6, 6.07) is 1.74. The molecule has 0 aromatic heterocycles. The number of carbonyl (C=O) groups is 2. The zero-order chi connectivity index (χ0) is 18.6. The van der Waals surface area contributed by atoms with Gasteiger partial charge in [0.2, 0.25) is 15.9 Å². The summed E-state index contributed by atoms with van der Waals surface area (Å²) >= 11 is 6.32. The van der Waals surface area contributed by atoms with Gasteiger partial charge in [0, 0.05) is 13.1 Å². The Bertz CT molecular complexity index is 837. The van der Waals surface area contributed by atoms with Crippen molar-refractivity contribution in [1.82, 2.24) is 9.21 Å². The third kappa shape index (κ3) is 3.25. The third-order valence-electron chi connectivity index (χ3n) is 3.86. The molecule has 1 aromatic rings. The lowest BCUT2D eigenvalue weighted by Crippen LogP contribution is -2.61. The van der Waals surface area contributed by atoms with Crippen LogP contribution in [0.15, 0.2) is 23.1 Å². The summed E-state index contributed by atoms with van der Waals surface area (Å²) in [5.74, 6) is -0.392. The van der Waals surface area contributed by atoms with E-state index >= 15 is 0 Å². The topological polar surface area (TPSA) is 74.8 Å². The summed E-state index contributed by atoms with van der Waals surface area (Å²) in [4.78, 5) is 23.7. The highest BCUT2D eigenvalue weighted by Gasteiger charge is 2.46. The van der Waals surface area contributed by atoms with Crippen LogP contribution < -0.4 is 0 Å². The molecule has 2 fully saturated rings. The number of sulfonamides is 1. The van der Waals surface area contributed by atoms with Crippen LogP contribution >= 0.6 is 23.4 Å². The number of alkyl halides is 3. The van der Waals surface area contributed by atoms with Crippen molar-refractivity contribution in [2.45, 2.75) is 17.1 Å². The number of amides is 2. The maximum absolute atomic E-state index is 12.9. The number of imide groups is 1. The Kier molecular flexibility index (Phi) is 4.55. The molecule has 0 unspecified atom stereocenters. The van der Waals surface area contributed by atoms with Crippen LogP contribution in [0.3, 0.4) is 0 Å². The molecule has 2 aliphatic heterocycles. The normalized spacial score (nSPS) is 20.2. The summed E-state index contributed by atoms with van der Waals surface area (Å²) in [6.07, 6.45) is -4.79. The zero-order valence-corrected chi connectivity index (χ0v) is 14.7. The van der Waals surface area contributed by atoms with E-state index in [-0.39, 0.29) is 18.8 Å². The van der Waals surface area contributed by atoms with E-state index in [9.17, 15) is 31.2 Å². The van der Waals surface area contributed by atoms with Crippen LogP contribution in [0.1, 0.15) is 5.56 Å². The molecule has 6 nitrogen and oxygen atoms in total. The van der Waals surface area contributed by atoms with Crippen LogP contribution in [0.4, 0.5) is 18.0 Å². The number of nitrogens with zero attached hydrogens (tertiary/aromatic N) is 2. The van der Waals surface area contributed by atoms with Gasteiger partial charge in [-0.1, -0.05) is 23.4 Å². The van der Waals surface area contributed by atoms with Crippen molar-refractivity contribution in [3.8, 4) is 0 Å². The van der Waals surface area contributed by atoms with Gasteiger partial charge in [-0.25, -0.2) is 8.42 Å².